The lowest BCUT2D eigenvalue weighted by Gasteiger charge is -2.61. The van der Waals surface area contributed by atoms with E-state index in [0.29, 0.717) is 17.3 Å². The van der Waals surface area contributed by atoms with Gasteiger partial charge in [0.2, 0.25) is 0 Å². The predicted octanol–water partition coefficient (Wildman–Crippen LogP) is 14.1. The van der Waals surface area contributed by atoms with Crippen molar-refractivity contribution >= 4 is 5.97 Å². The standard InChI is InChI=1S/C45H82O2/c1-8-9-10-11-12-13-14-15-16-17-18-19-20-21-22-43(46)47-38-29-31-44(6)37(33-38)25-26-39-41-28-27-40(45(41,7)32-30-42(39)44)36(5)24-23-35(4)34(2)3/h34-42H,8-33H2,1-7H3/t35-,36+,37-,38-,39-,40+,41-,42-,44-,45+/m0/s1. The molecule has 0 aliphatic heterocycles. The summed E-state index contributed by atoms with van der Waals surface area (Å²) >= 11 is 0. The van der Waals surface area contributed by atoms with E-state index in [-0.39, 0.29) is 12.1 Å². The fourth-order valence-electron chi connectivity index (χ4n) is 12.1. The van der Waals surface area contributed by atoms with Crippen LogP contribution < -0.4 is 0 Å². The van der Waals surface area contributed by atoms with Gasteiger partial charge in [0.25, 0.3) is 0 Å². The highest BCUT2D eigenvalue weighted by Crippen LogP contribution is 2.68. The first kappa shape index (κ1) is 39.3. The molecule has 0 spiro atoms. The molecule has 0 bridgehead atoms. The monoisotopic (exact) mass is 655 g/mol. The first-order valence-corrected chi connectivity index (χ1v) is 21.8. The third kappa shape index (κ3) is 10.5. The van der Waals surface area contributed by atoms with E-state index >= 15 is 0 Å². The van der Waals surface area contributed by atoms with Gasteiger partial charge in [-0.15, -0.1) is 0 Å². The zero-order valence-electron chi connectivity index (χ0n) is 32.9. The van der Waals surface area contributed by atoms with Crippen LogP contribution in [0.15, 0.2) is 0 Å². The molecular formula is C45H82O2. The number of ether oxygens (including phenoxy) is 1. The van der Waals surface area contributed by atoms with Crippen LogP contribution in [0.5, 0.6) is 0 Å². The van der Waals surface area contributed by atoms with Gasteiger partial charge in [-0.25, -0.2) is 0 Å². The number of hydrogen-bond acceptors (Lipinski definition) is 2. The third-order valence-corrected chi connectivity index (χ3v) is 15.6. The molecule has 2 heteroatoms. The first-order valence-electron chi connectivity index (χ1n) is 21.8. The number of carbonyl (C=O) groups excluding carboxylic acids is 1. The van der Waals surface area contributed by atoms with Gasteiger partial charge in [0, 0.05) is 6.42 Å². The molecule has 47 heavy (non-hydrogen) atoms. The normalized spacial score (nSPS) is 34.8. The largest absolute Gasteiger partial charge is 0.462 e. The van der Waals surface area contributed by atoms with Crippen molar-refractivity contribution in [1.82, 2.24) is 0 Å². The summed E-state index contributed by atoms with van der Waals surface area (Å²) in [7, 11) is 0. The van der Waals surface area contributed by atoms with E-state index in [0.717, 1.165) is 66.6 Å². The molecule has 4 fully saturated rings. The molecular weight excluding hydrogens is 572 g/mol. The Hall–Kier alpha value is -0.530. The highest BCUT2D eigenvalue weighted by atomic mass is 16.5. The van der Waals surface area contributed by atoms with Crippen LogP contribution in [0.1, 0.15) is 215 Å². The lowest BCUT2D eigenvalue weighted by molar-refractivity contribution is -0.162. The van der Waals surface area contributed by atoms with Crippen LogP contribution in [0, 0.1) is 58.2 Å². The van der Waals surface area contributed by atoms with Crippen LogP contribution >= 0.6 is 0 Å². The Morgan fingerprint density at radius 2 is 1.23 bits per heavy atom. The van der Waals surface area contributed by atoms with Gasteiger partial charge in [0.05, 0.1) is 0 Å². The highest BCUT2D eigenvalue weighted by Gasteiger charge is 2.60. The summed E-state index contributed by atoms with van der Waals surface area (Å²) in [6, 6.07) is 0. The summed E-state index contributed by atoms with van der Waals surface area (Å²) in [5.74, 6) is 7.14. The minimum Gasteiger partial charge on any atom is -0.462 e. The first-order chi connectivity index (χ1) is 22.6. The van der Waals surface area contributed by atoms with Crippen LogP contribution in [-0.4, -0.2) is 12.1 Å². The fourth-order valence-corrected chi connectivity index (χ4v) is 12.1. The predicted molar refractivity (Wildman–Crippen MR) is 202 cm³/mol. The summed E-state index contributed by atoms with van der Waals surface area (Å²) in [5, 5.41) is 0. The maximum absolute atomic E-state index is 12.8. The topological polar surface area (TPSA) is 26.3 Å². The SMILES string of the molecule is CCCCCCCCCCCCCCCCC(=O)O[C@H]1CC[C@@]2(C)[C@@H](CC[C@@H]3[C@@H]2CC[C@]2(C)[C@@H]([C@H](C)CC[C@H](C)C(C)C)CC[C@@H]32)C1. The molecule has 2 nitrogen and oxygen atoms in total. The maximum Gasteiger partial charge on any atom is 0.306 e. The van der Waals surface area contributed by atoms with Gasteiger partial charge in [-0.1, -0.05) is 145 Å². The number of unbranched alkanes of at least 4 members (excludes halogenated alkanes) is 13. The van der Waals surface area contributed by atoms with Gasteiger partial charge < -0.3 is 4.74 Å². The van der Waals surface area contributed by atoms with Crippen molar-refractivity contribution in [2.45, 2.75) is 222 Å². The zero-order chi connectivity index (χ0) is 33.9. The molecule has 0 heterocycles. The van der Waals surface area contributed by atoms with Crippen molar-refractivity contribution < 1.29 is 9.53 Å². The minimum atomic E-state index is 0.0913. The minimum absolute atomic E-state index is 0.0913. The molecule has 274 valence electrons. The van der Waals surface area contributed by atoms with E-state index < -0.39 is 0 Å². The number of esters is 1. The molecule has 0 unspecified atom stereocenters. The lowest BCUT2D eigenvalue weighted by Crippen LogP contribution is -2.54. The van der Waals surface area contributed by atoms with Gasteiger partial charge in [-0.3, -0.25) is 4.79 Å². The summed E-state index contributed by atoms with van der Waals surface area (Å²) in [6.45, 7) is 17.6. The molecule has 0 amide bonds. The van der Waals surface area contributed by atoms with Crippen LogP contribution in [-0.2, 0) is 9.53 Å². The van der Waals surface area contributed by atoms with E-state index in [2.05, 4.69) is 48.5 Å². The smallest absolute Gasteiger partial charge is 0.306 e. The van der Waals surface area contributed by atoms with Crippen molar-refractivity contribution in [3.05, 3.63) is 0 Å². The Morgan fingerprint density at radius 3 is 1.85 bits per heavy atom. The van der Waals surface area contributed by atoms with Gasteiger partial charge in [-0.05, 0) is 122 Å². The van der Waals surface area contributed by atoms with E-state index in [1.807, 2.05) is 0 Å². The third-order valence-electron chi connectivity index (χ3n) is 15.6. The Bertz CT molecular complexity index is 894. The van der Waals surface area contributed by atoms with Crippen molar-refractivity contribution in [2.75, 3.05) is 0 Å². The van der Waals surface area contributed by atoms with E-state index in [1.54, 1.807) is 0 Å². The number of hydrogen-bond donors (Lipinski definition) is 0. The second-order valence-corrected chi connectivity index (χ2v) is 18.9. The molecule has 4 rings (SSSR count). The second kappa shape index (κ2) is 19.2. The number of fused-ring (bicyclic) bond motifs is 5. The van der Waals surface area contributed by atoms with Gasteiger partial charge in [-0.2, -0.15) is 0 Å². The average Bonchev–Trinajstić information content (AvgIpc) is 3.41. The highest BCUT2D eigenvalue weighted by molar-refractivity contribution is 5.69. The van der Waals surface area contributed by atoms with Crippen LogP contribution in [0.25, 0.3) is 0 Å². The second-order valence-electron chi connectivity index (χ2n) is 18.9. The molecule has 0 aromatic carbocycles. The van der Waals surface area contributed by atoms with E-state index in [9.17, 15) is 4.79 Å². The molecule has 0 N–H and O–H groups in total. The van der Waals surface area contributed by atoms with Gasteiger partial charge in [0.1, 0.15) is 6.10 Å². The summed E-state index contributed by atoms with van der Waals surface area (Å²) in [6.07, 6.45) is 34.9. The van der Waals surface area contributed by atoms with E-state index in [1.165, 1.54) is 141 Å². The van der Waals surface area contributed by atoms with Crippen LogP contribution in [0.3, 0.4) is 0 Å². The molecule has 0 saturated heterocycles. The summed E-state index contributed by atoms with van der Waals surface area (Å²) < 4.78 is 6.18. The molecule has 0 radical (unpaired) electrons. The van der Waals surface area contributed by atoms with E-state index in [4.69, 9.17) is 4.74 Å². The fraction of sp³-hybridized carbons (Fsp3) is 0.978. The van der Waals surface area contributed by atoms with Crippen LogP contribution in [0.2, 0.25) is 0 Å². The van der Waals surface area contributed by atoms with Crippen molar-refractivity contribution in [1.29, 1.82) is 0 Å². The number of rotatable bonds is 21. The van der Waals surface area contributed by atoms with Crippen molar-refractivity contribution in [2.24, 2.45) is 58.2 Å². The Balaban J connectivity index is 1.11. The number of carbonyl (C=O) groups is 1. The van der Waals surface area contributed by atoms with Crippen molar-refractivity contribution in [3.63, 3.8) is 0 Å². The maximum atomic E-state index is 12.8. The molecule has 0 aromatic rings. The molecule has 0 aromatic heterocycles. The molecule has 10 atom stereocenters. The molecule has 4 aliphatic carbocycles. The van der Waals surface area contributed by atoms with Gasteiger partial charge in [0.15, 0.2) is 0 Å². The lowest BCUT2D eigenvalue weighted by atomic mass is 9.44. The van der Waals surface area contributed by atoms with Crippen molar-refractivity contribution in [3.8, 4) is 0 Å². The van der Waals surface area contributed by atoms with Gasteiger partial charge >= 0.3 is 5.97 Å². The summed E-state index contributed by atoms with van der Waals surface area (Å²) in [4.78, 5) is 12.8. The molecule has 4 aliphatic rings. The zero-order valence-corrected chi connectivity index (χ0v) is 32.9. The summed E-state index contributed by atoms with van der Waals surface area (Å²) in [5.41, 5.74) is 1.04. The molecule has 4 saturated carbocycles. The Morgan fingerprint density at radius 1 is 0.660 bits per heavy atom. The average molecular weight is 655 g/mol. The Labute approximate surface area is 294 Å². The Kier molecular flexibility index (Phi) is 16.0. The quantitative estimate of drug-likeness (QED) is 0.0909. The van der Waals surface area contributed by atoms with Crippen LogP contribution in [0.4, 0.5) is 0 Å².